The summed E-state index contributed by atoms with van der Waals surface area (Å²) in [5.74, 6) is 1.11. The van der Waals surface area contributed by atoms with Crippen molar-refractivity contribution >= 4 is 17.6 Å². The topological polar surface area (TPSA) is 88.7 Å². The quantitative estimate of drug-likeness (QED) is 0.516. The number of thiazole rings is 1. The van der Waals surface area contributed by atoms with Crippen molar-refractivity contribution in [3.63, 3.8) is 0 Å². The number of aliphatic hydroxyl groups is 1. The molecule has 2 aromatic heterocycles. The fourth-order valence-electron chi connectivity index (χ4n) is 4.75. The van der Waals surface area contributed by atoms with Crippen LogP contribution in [-0.4, -0.2) is 74.8 Å². The lowest BCUT2D eigenvalue weighted by molar-refractivity contribution is -0.153. The zero-order valence-corrected chi connectivity index (χ0v) is 20.8. The van der Waals surface area contributed by atoms with Gasteiger partial charge in [-0.15, -0.1) is 0 Å². The SMILES string of the molecule is Cn1ncc(CC(O)/N=C/C2CCC(CCN3CCc4nc(OCC(F)(F)F)sc4CC3)CC2)n1. The summed E-state index contributed by atoms with van der Waals surface area (Å²) in [7, 11) is 1.75. The first-order chi connectivity index (χ1) is 16.7. The summed E-state index contributed by atoms with van der Waals surface area (Å²) in [6.07, 6.45) is 6.05. The van der Waals surface area contributed by atoms with Gasteiger partial charge in [-0.2, -0.15) is 28.2 Å². The molecule has 8 nitrogen and oxygen atoms in total. The summed E-state index contributed by atoms with van der Waals surface area (Å²) < 4.78 is 41.9. The molecule has 1 atom stereocenters. The Hall–Kier alpha value is -2.05. The van der Waals surface area contributed by atoms with Gasteiger partial charge in [0, 0.05) is 44.1 Å². The standard InChI is InChI=1S/C23H33F3N6O2S/c1-31-28-14-18(30-31)12-21(33)27-13-17-4-2-16(3-5-17)6-9-32-10-7-19-20(8-11-32)35-22(29-19)34-15-23(24,25)26/h13-14,16-17,21,33H,2-12,15H2,1H3/b27-13+. The van der Waals surface area contributed by atoms with Crippen LogP contribution in [0.4, 0.5) is 13.2 Å². The maximum Gasteiger partial charge on any atom is 0.422 e. The van der Waals surface area contributed by atoms with E-state index in [0.29, 0.717) is 18.3 Å². The average Bonchev–Trinajstić information content (AvgIpc) is 3.36. The second-order valence-electron chi connectivity index (χ2n) is 9.47. The number of hydrogen-bond acceptors (Lipinski definition) is 8. The van der Waals surface area contributed by atoms with Gasteiger partial charge in [-0.1, -0.05) is 11.3 Å². The number of alkyl halides is 3. The van der Waals surface area contributed by atoms with Crippen molar-refractivity contribution in [2.24, 2.45) is 23.9 Å². The fourth-order valence-corrected chi connectivity index (χ4v) is 5.69. The zero-order valence-electron chi connectivity index (χ0n) is 20.0. The number of aromatic nitrogens is 4. The largest absolute Gasteiger partial charge is 0.460 e. The van der Waals surface area contributed by atoms with Gasteiger partial charge in [0.1, 0.15) is 6.23 Å². The van der Waals surface area contributed by atoms with Crippen LogP contribution in [0, 0.1) is 11.8 Å². The molecule has 2 aliphatic rings. The molecule has 0 spiro atoms. The number of fused-ring (bicyclic) bond motifs is 1. The third kappa shape index (κ3) is 8.25. The van der Waals surface area contributed by atoms with Crippen LogP contribution in [0.2, 0.25) is 0 Å². The maximum absolute atomic E-state index is 12.4. The summed E-state index contributed by atoms with van der Waals surface area (Å²) in [5.41, 5.74) is 1.62. The van der Waals surface area contributed by atoms with E-state index in [1.54, 1.807) is 13.2 Å². The number of aliphatic imine (C=N–C) groups is 1. The Kier molecular flexibility index (Phi) is 8.77. The fraction of sp³-hybridized carbons (Fsp3) is 0.739. The van der Waals surface area contributed by atoms with E-state index in [4.69, 9.17) is 4.74 Å². The number of ether oxygens (including phenoxy) is 1. The van der Waals surface area contributed by atoms with Crippen molar-refractivity contribution in [1.82, 2.24) is 24.9 Å². The molecule has 0 aromatic carbocycles. The van der Waals surface area contributed by atoms with Crippen LogP contribution < -0.4 is 4.74 Å². The molecule has 1 unspecified atom stereocenters. The molecule has 4 rings (SSSR count). The number of aliphatic hydroxyl groups excluding tert-OH is 1. The normalized spacial score (nSPS) is 22.8. The second-order valence-corrected chi connectivity index (χ2v) is 10.5. The smallest absolute Gasteiger partial charge is 0.422 e. The Bertz CT molecular complexity index is 945. The lowest BCUT2D eigenvalue weighted by atomic mass is 9.81. The molecule has 0 saturated heterocycles. The second kappa shape index (κ2) is 11.8. The minimum Gasteiger partial charge on any atom is -0.460 e. The Balaban J connectivity index is 1.13. The highest BCUT2D eigenvalue weighted by atomic mass is 32.1. The molecule has 1 aliphatic carbocycles. The molecule has 1 saturated carbocycles. The van der Waals surface area contributed by atoms with Crippen LogP contribution in [-0.2, 0) is 26.3 Å². The van der Waals surface area contributed by atoms with E-state index in [1.807, 2.05) is 6.21 Å². The van der Waals surface area contributed by atoms with E-state index < -0.39 is 19.0 Å². The van der Waals surface area contributed by atoms with Crippen LogP contribution in [0.1, 0.15) is 48.4 Å². The number of hydrogen-bond donors (Lipinski definition) is 1. The summed E-state index contributed by atoms with van der Waals surface area (Å²) in [5, 5.41) is 18.4. The first kappa shape index (κ1) is 26.0. The first-order valence-corrected chi connectivity index (χ1v) is 13.0. The Morgan fingerprint density at radius 2 is 2.03 bits per heavy atom. The van der Waals surface area contributed by atoms with Gasteiger partial charge in [-0.05, 0) is 56.9 Å². The van der Waals surface area contributed by atoms with Gasteiger partial charge in [-0.25, -0.2) is 4.98 Å². The van der Waals surface area contributed by atoms with Crippen molar-refractivity contribution in [1.29, 1.82) is 0 Å². The molecule has 3 heterocycles. The highest BCUT2D eigenvalue weighted by molar-refractivity contribution is 7.13. The first-order valence-electron chi connectivity index (χ1n) is 12.2. The van der Waals surface area contributed by atoms with Gasteiger partial charge >= 0.3 is 6.18 Å². The van der Waals surface area contributed by atoms with E-state index >= 15 is 0 Å². The van der Waals surface area contributed by atoms with Crippen LogP contribution in [0.5, 0.6) is 5.19 Å². The number of nitrogens with zero attached hydrogens (tertiary/aromatic N) is 6. The highest BCUT2D eigenvalue weighted by Gasteiger charge is 2.30. The van der Waals surface area contributed by atoms with E-state index in [9.17, 15) is 18.3 Å². The molecule has 0 amide bonds. The summed E-state index contributed by atoms with van der Waals surface area (Å²) in [4.78, 5) is 13.6. The molecule has 0 bridgehead atoms. The highest BCUT2D eigenvalue weighted by Crippen LogP contribution is 2.32. The average molecular weight is 515 g/mol. The van der Waals surface area contributed by atoms with E-state index in [2.05, 4.69) is 25.1 Å². The Morgan fingerprint density at radius 3 is 2.74 bits per heavy atom. The van der Waals surface area contributed by atoms with Crippen molar-refractivity contribution in [2.75, 3.05) is 26.2 Å². The predicted octanol–water partition coefficient (Wildman–Crippen LogP) is 3.44. The molecule has 1 N–H and O–H groups in total. The van der Waals surface area contributed by atoms with Crippen molar-refractivity contribution in [2.45, 2.75) is 63.8 Å². The summed E-state index contributed by atoms with van der Waals surface area (Å²) in [6.45, 7) is 1.52. The molecular weight excluding hydrogens is 481 g/mol. The van der Waals surface area contributed by atoms with Gasteiger partial charge in [0.15, 0.2) is 6.61 Å². The maximum atomic E-state index is 12.4. The van der Waals surface area contributed by atoms with Crippen molar-refractivity contribution in [3.05, 3.63) is 22.5 Å². The van der Waals surface area contributed by atoms with Gasteiger partial charge in [0.2, 0.25) is 0 Å². The molecule has 35 heavy (non-hydrogen) atoms. The van der Waals surface area contributed by atoms with Crippen LogP contribution in [0.15, 0.2) is 11.2 Å². The molecule has 0 radical (unpaired) electrons. The molecule has 12 heteroatoms. The minimum atomic E-state index is -4.34. The zero-order chi connectivity index (χ0) is 24.8. The monoisotopic (exact) mass is 514 g/mol. The number of rotatable bonds is 9. The molecular formula is C23H33F3N6O2S. The third-order valence-electron chi connectivity index (χ3n) is 6.69. The van der Waals surface area contributed by atoms with Gasteiger partial charge in [-0.3, -0.25) is 4.99 Å². The molecule has 194 valence electrons. The van der Waals surface area contributed by atoms with Crippen LogP contribution >= 0.6 is 11.3 Å². The lowest BCUT2D eigenvalue weighted by Gasteiger charge is -2.29. The third-order valence-corrected chi connectivity index (χ3v) is 7.76. The Morgan fingerprint density at radius 1 is 1.26 bits per heavy atom. The van der Waals surface area contributed by atoms with Gasteiger partial charge in [0.25, 0.3) is 5.19 Å². The molecule has 2 aromatic rings. The van der Waals surface area contributed by atoms with Crippen molar-refractivity contribution in [3.8, 4) is 5.19 Å². The van der Waals surface area contributed by atoms with Crippen LogP contribution in [0.3, 0.4) is 0 Å². The number of halogens is 3. The van der Waals surface area contributed by atoms with Crippen molar-refractivity contribution < 1.29 is 23.0 Å². The number of aryl methyl sites for hydroxylation is 1. The predicted molar refractivity (Wildman–Crippen MR) is 127 cm³/mol. The van der Waals surface area contributed by atoms with Crippen LogP contribution in [0.25, 0.3) is 0 Å². The van der Waals surface area contributed by atoms with E-state index in [1.165, 1.54) is 29.0 Å². The summed E-state index contributed by atoms with van der Waals surface area (Å²) in [6, 6.07) is 0. The summed E-state index contributed by atoms with van der Waals surface area (Å²) >= 11 is 1.25. The molecule has 1 aliphatic heterocycles. The van der Waals surface area contributed by atoms with E-state index in [0.717, 1.165) is 68.0 Å². The van der Waals surface area contributed by atoms with E-state index in [-0.39, 0.29) is 5.19 Å². The molecule has 1 fully saturated rings. The lowest BCUT2D eigenvalue weighted by Crippen LogP contribution is -2.29. The minimum absolute atomic E-state index is 0.127. The van der Waals surface area contributed by atoms with Gasteiger partial charge < -0.3 is 14.7 Å². The van der Waals surface area contributed by atoms with Gasteiger partial charge in [0.05, 0.1) is 17.6 Å². The Labute approximate surface area is 207 Å².